The van der Waals surface area contributed by atoms with E-state index in [-0.39, 0.29) is 23.9 Å². The Kier molecular flexibility index (Phi) is 3.81. The first-order valence-corrected chi connectivity index (χ1v) is 7.85. The van der Waals surface area contributed by atoms with Crippen LogP contribution in [0.15, 0.2) is 35.6 Å². The Labute approximate surface area is 142 Å². The summed E-state index contributed by atoms with van der Waals surface area (Å²) in [4.78, 5) is 35.8. The quantitative estimate of drug-likeness (QED) is 0.627. The van der Waals surface area contributed by atoms with Gasteiger partial charge in [0.15, 0.2) is 5.69 Å². The Morgan fingerprint density at radius 3 is 3.24 bits per heavy atom. The molecule has 0 radical (unpaired) electrons. The molecule has 0 spiro atoms. The fraction of sp³-hybridized carbons (Fsp3) is 0.250. The van der Waals surface area contributed by atoms with Gasteiger partial charge in [-0.25, -0.2) is 4.98 Å². The minimum absolute atomic E-state index is 0.109. The Bertz CT molecular complexity index is 960. The summed E-state index contributed by atoms with van der Waals surface area (Å²) in [5.74, 6) is -0.00282. The van der Waals surface area contributed by atoms with Gasteiger partial charge in [0.05, 0.1) is 6.54 Å². The maximum Gasteiger partial charge on any atom is 0.281 e. The molecule has 1 amide bonds. The van der Waals surface area contributed by atoms with Crippen LogP contribution in [-0.2, 0) is 17.9 Å². The van der Waals surface area contributed by atoms with Gasteiger partial charge >= 0.3 is 0 Å². The first-order valence-electron chi connectivity index (χ1n) is 7.85. The molecule has 3 aromatic rings. The summed E-state index contributed by atoms with van der Waals surface area (Å²) < 4.78 is 6.56. The van der Waals surface area contributed by atoms with Crippen molar-refractivity contribution >= 4 is 22.5 Å². The van der Waals surface area contributed by atoms with Crippen molar-refractivity contribution in [2.75, 3.05) is 18.5 Å². The van der Waals surface area contributed by atoms with Gasteiger partial charge in [-0.15, -0.1) is 0 Å². The van der Waals surface area contributed by atoms with Crippen LogP contribution in [-0.4, -0.2) is 38.6 Å². The Morgan fingerprint density at radius 1 is 1.44 bits per heavy atom. The van der Waals surface area contributed by atoms with E-state index in [1.54, 1.807) is 12.4 Å². The lowest BCUT2D eigenvalue weighted by molar-refractivity contribution is -0.121. The second-order valence-electron chi connectivity index (χ2n) is 5.67. The van der Waals surface area contributed by atoms with Crippen molar-refractivity contribution in [3.05, 3.63) is 46.9 Å². The molecule has 0 atom stereocenters. The topological polar surface area (TPSA) is 114 Å². The van der Waals surface area contributed by atoms with Crippen molar-refractivity contribution in [2.24, 2.45) is 0 Å². The molecule has 0 aromatic carbocycles. The van der Waals surface area contributed by atoms with E-state index in [1.165, 1.54) is 10.9 Å². The lowest BCUT2D eigenvalue weighted by Crippen LogP contribution is -2.35. The number of H-pyrrole nitrogens is 1. The van der Waals surface area contributed by atoms with E-state index in [0.29, 0.717) is 25.4 Å². The van der Waals surface area contributed by atoms with E-state index >= 15 is 0 Å². The fourth-order valence-electron chi connectivity index (χ4n) is 2.70. The monoisotopic (exact) mass is 340 g/mol. The van der Waals surface area contributed by atoms with Gasteiger partial charge in [0.2, 0.25) is 11.8 Å². The first kappa shape index (κ1) is 15.2. The molecule has 9 nitrogen and oxygen atoms in total. The largest absolute Gasteiger partial charge is 0.474 e. The number of aromatic nitrogens is 4. The molecule has 4 heterocycles. The summed E-state index contributed by atoms with van der Waals surface area (Å²) in [6.45, 7) is 1.23. The maximum absolute atomic E-state index is 12.3. The third kappa shape index (κ3) is 3.03. The number of pyridine rings is 1. The average molecular weight is 340 g/mol. The molecule has 1 aliphatic heterocycles. The Balaban J connectivity index is 1.43. The molecule has 1 aliphatic rings. The van der Waals surface area contributed by atoms with E-state index < -0.39 is 0 Å². The average Bonchev–Trinajstić information content (AvgIpc) is 3.06. The van der Waals surface area contributed by atoms with Gasteiger partial charge in [-0.1, -0.05) is 0 Å². The van der Waals surface area contributed by atoms with Crippen LogP contribution in [0.2, 0.25) is 0 Å². The normalized spacial score (nSPS) is 13.0. The van der Waals surface area contributed by atoms with E-state index in [1.807, 2.05) is 12.1 Å². The summed E-state index contributed by atoms with van der Waals surface area (Å²) in [7, 11) is 0. The van der Waals surface area contributed by atoms with Crippen LogP contribution in [0, 0.1) is 0 Å². The number of amides is 1. The van der Waals surface area contributed by atoms with E-state index in [0.717, 1.165) is 16.6 Å². The van der Waals surface area contributed by atoms with Crippen molar-refractivity contribution in [2.45, 2.75) is 13.1 Å². The highest BCUT2D eigenvalue weighted by Crippen LogP contribution is 2.18. The zero-order chi connectivity index (χ0) is 17.2. The summed E-state index contributed by atoms with van der Waals surface area (Å²) >= 11 is 0. The number of nitrogens with zero attached hydrogens (tertiary/aromatic N) is 3. The van der Waals surface area contributed by atoms with E-state index in [9.17, 15) is 9.59 Å². The molecule has 0 saturated heterocycles. The van der Waals surface area contributed by atoms with Gasteiger partial charge in [0, 0.05) is 35.5 Å². The van der Waals surface area contributed by atoms with Gasteiger partial charge in [0.1, 0.15) is 19.5 Å². The number of rotatable bonds is 4. The lowest BCUT2D eigenvalue weighted by atomic mass is 10.3. The van der Waals surface area contributed by atoms with Crippen molar-refractivity contribution in [1.29, 1.82) is 0 Å². The third-order valence-corrected chi connectivity index (χ3v) is 3.91. The maximum atomic E-state index is 12.3. The molecule has 25 heavy (non-hydrogen) atoms. The van der Waals surface area contributed by atoms with Crippen molar-refractivity contribution < 1.29 is 9.53 Å². The van der Waals surface area contributed by atoms with Gasteiger partial charge in [-0.2, -0.15) is 0 Å². The molecule has 0 aliphatic carbocycles. The van der Waals surface area contributed by atoms with E-state index in [2.05, 4.69) is 25.6 Å². The molecule has 3 aromatic heterocycles. The van der Waals surface area contributed by atoms with Gasteiger partial charge in [-0.3, -0.25) is 19.1 Å². The highest BCUT2D eigenvalue weighted by atomic mass is 16.5. The number of carbonyl (C=O) groups excluding carboxylic acids is 1. The van der Waals surface area contributed by atoms with Gasteiger partial charge < -0.3 is 20.4 Å². The number of aromatic amines is 1. The second kappa shape index (κ2) is 6.27. The summed E-state index contributed by atoms with van der Waals surface area (Å²) in [6.07, 6.45) is 4.78. The van der Waals surface area contributed by atoms with Crippen LogP contribution in [0.3, 0.4) is 0 Å². The molecular formula is C16H16N6O3. The number of hydrogen-bond acceptors (Lipinski definition) is 6. The first-order chi connectivity index (χ1) is 12.2. The zero-order valence-electron chi connectivity index (χ0n) is 13.3. The number of fused-ring (bicyclic) bond motifs is 2. The van der Waals surface area contributed by atoms with E-state index in [4.69, 9.17) is 4.74 Å². The zero-order valence-corrected chi connectivity index (χ0v) is 13.3. The standard InChI is InChI=1S/C16H16N6O3/c23-13(19-7-11-5-10-6-17-2-1-12(10)21-11)8-22-9-20-15-14(16(22)24)18-3-4-25-15/h1-2,5-6,9,18,21H,3-4,7-8H2,(H,19,23). The summed E-state index contributed by atoms with van der Waals surface area (Å²) in [5.41, 5.74) is 1.80. The summed E-state index contributed by atoms with van der Waals surface area (Å²) in [6, 6.07) is 3.80. The number of anilines is 1. The number of hydrogen-bond donors (Lipinski definition) is 3. The fourth-order valence-corrected chi connectivity index (χ4v) is 2.70. The Morgan fingerprint density at radius 2 is 2.36 bits per heavy atom. The molecule has 0 saturated carbocycles. The number of carbonyl (C=O) groups is 1. The van der Waals surface area contributed by atoms with Crippen LogP contribution in [0.1, 0.15) is 5.69 Å². The van der Waals surface area contributed by atoms with Crippen LogP contribution in [0.5, 0.6) is 5.88 Å². The predicted molar refractivity (Wildman–Crippen MR) is 90.4 cm³/mol. The van der Waals surface area contributed by atoms with Crippen molar-refractivity contribution in [1.82, 2.24) is 24.8 Å². The van der Waals surface area contributed by atoms with Gasteiger partial charge in [0.25, 0.3) is 5.56 Å². The van der Waals surface area contributed by atoms with Crippen molar-refractivity contribution in [3.63, 3.8) is 0 Å². The highest BCUT2D eigenvalue weighted by Gasteiger charge is 2.17. The van der Waals surface area contributed by atoms with Crippen molar-refractivity contribution in [3.8, 4) is 5.88 Å². The molecule has 0 bridgehead atoms. The summed E-state index contributed by atoms with van der Waals surface area (Å²) in [5, 5.41) is 6.72. The predicted octanol–water partition coefficient (Wildman–Crippen LogP) is 0.240. The molecule has 0 fully saturated rings. The van der Waals surface area contributed by atoms with Crippen LogP contribution >= 0.6 is 0 Å². The number of nitrogens with one attached hydrogen (secondary N) is 3. The van der Waals surface area contributed by atoms with Gasteiger partial charge in [-0.05, 0) is 12.1 Å². The molecule has 128 valence electrons. The lowest BCUT2D eigenvalue weighted by Gasteiger charge is -2.18. The molecular weight excluding hydrogens is 324 g/mol. The van der Waals surface area contributed by atoms with Crippen LogP contribution in [0.25, 0.3) is 10.9 Å². The molecule has 4 rings (SSSR count). The number of ether oxygens (including phenoxy) is 1. The Hall–Kier alpha value is -3.36. The minimum Gasteiger partial charge on any atom is -0.474 e. The van der Waals surface area contributed by atoms with Crippen LogP contribution < -0.4 is 20.9 Å². The highest BCUT2D eigenvalue weighted by molar-refractivity contribution is 5.79. The molecule has 0 unspecified atom stereocenters. The minimum atomic E-state index is -0.323. The SMILES string of the molecule is O=C(Cn1cnc2c(c1=O)NCCO2)NCc1cc2cnccc2[nH]1. The molecule has 3 N–H and O–H groups in total. The molecule has 9 heteroatoms. The smallest absolute Gasteiger partial charge is 0.281 e. The second-order valence-corrected chi connectivity index (χ2v) is 5.67. The van der Waals surface area contributed by atoms with Crippen LogP contribution in [0.4, 0.5) is 5.69 Å². The third-order valence-electron chi connectivity index (χ3n) is 3.91.